The lowest BCUT2D eigenvalue weighted by Gasteiger charge is -2.12. The Kier molecular flexibility index (Phi) is 3.82. The normalized spacial score (nSPS) is 10.3. The van der Waals surface area contributed by atoms with Gasteiger partial charge in [-0.2, -0.15) is 0 Å². The molecule has 3 aromatic rings. The molecule has 0 bridgehead atoms. The van der Waals surface area contributed by atoms with Gasteiger partial charge < -0.3 is 14.6 Å². The van der Waals surface area contributed by atoms with Gasteiger partial charge in [0.05, 0.1) is 18.4 Å². The summed E-state index contributed by atoms with van der Waals surface area (Å²) >= 11 is 0. The third-order valence-electron chi connectivity index (χ3n) is 3.11. The van der Waals surface area contributed by atoms with Gasteiger partial charge in [0.2, 0.25) is 0 Å². The summed E-state index contributed by atoms with van der Waals surface area (Å²) < 4.78 is 7.84. The predicted molar refractivity (Wildman–Crippen MR) is 81.3 cm³/mol. The lowest BCUT2D eigenvalue weighted by molar-refractivity contribution is 0.482. The lowest BCUT2D eigenvalue weighted by atomic mass is 10.3. The summed E-state index contributed by atoms with van der Waals surface area (Å²) in [5.74, 6) is 2.44. The summed E-state index contributed by atoms with van der Waals surface area (Å²) in [5.41, 5.74) is 0.921. The zero-order valence-electron chi connectivity index (χ0n) is 11.7. The Hall–Kier alpha value is -2.82. The summed E-state index contributed by atoms with van der Waals surface area (Å²) in [5, 5.41) is 3.35. The minimum atomic E-state index is 0.636. The molecule has 0 saturated heterocycles. The first-order valence-corrected chi connectivity index (χ1v) is 6.70. The molecule has 1 aromatic carbocycles. The van der Waals surface area contributed by atoms with Gasteiger partial charge >= 0.3 is 0 Å². The van der Waals surface area contributed by atoms with Gasteiger partial charge in [0.1, 0.15) is 11.6 Å². The van der Waals surface area contributed by atoms with Gasteiger partial charge in [-0.25, -0.2) is 4.98 Å². The number of benzene rings is 1. The van der Waals surface area contributed by atoms with Crippen molar-refractivity contribution in [2.24, 2.45) is 7.05 Å². The molecule has 0 aliphatic heterocycles. The lowest BCUT2D eigenvalue weighted by Crippen LogP contribution is -2.06. The Morgan fingerprint density at radius 3 is 2.81 bits per heavy atom. The molecule has 2 aromatic heterocycles. The largest absolute Gasteiger partial charge is 0.454 e. The Morgan fingerprint density at radius 1 is 1.14 bits per heavy atom. The molecule has 0 unspecified atom stereocenters. The molecule has 5 nitrogen and oxygen atoms in total. The van der Waals surface area contributed by atoms with E-state index in [4.69, 9.17) is 4.74 Å². The first-order valence-electron chi connectivity index (χ1n) is 6.70. The van der Waals surface area contributed by atoms with Crippen molar-refractivity contribution in [2.75, 3.05) is 5.32 Å². The number of hydrogen-bond acceptors (Lipinski definition) is 4. The topological polar surface area (TPSA) is 52.0 Å². The molecule has 0 spiro atoms. The number of hydrogen-bond donors (Lipinski definition) is 1. The number of nitrogens with one attached hydrogen (secondary N) is 1. The van der Waals surface area contributed by atoms with Gasteiger partial charge in [-0.05, 0) is 24.3 Å². The van der Waals surface area contributed by atoms with Crippen molar-refractivity contribution < 1.29 is 4.74 Å². The molecule has 0 saturated carbocycles. The molecular formula is C16H16N4O. The molecule has 3 rings (SSSR count). The number of nitrogens with zero attached hydrogens (tertiary/aromatic N) is 3. The van der Waals surface area contributed by atoms with E-state index in [2.05, 4.69) is 15.3 Å². The van der Waals surface area contributed by atoms with Crippen LogP contribution in [0.4, 0.5) is 5.69 Å². The van der Waals surface area contributed by atoms with E-state index in [0.29, 0.717) is 12.3 Å². The second kappa shape index (κ2) is 6.09. The summed E-state index contributed by atoms with van der Waals surface area (Å²) in [7, 11) is 1.97. The van der Waals surface area contributed by atoms with Gasteiger partial charge in [0.25, 0.3) is 0 Å². The van der Waals surface area contributed by atoms with E-state index in [1.165, 1.54) is 0 Å². The van der Waals surface area contributed by atoms with E-state index in [-0.39, 0.29) is 0 Å². The maximum absolute atomic E-state index is 5.86. The van der Waals surface area contributed by atoms with Crippen LogP contribution in [0.25, 0.3) is 0 Å². The fourth-order valence-electron chi connectivity index (χ4n) is 1.98. The average molecular weight is 280 g/mol. The maximum atomic E-state index is 5.86. The minimum Gasteiger partial charge on any atom is -0.454 e. The summed E-state index contributed by atoms with van der Waals surface area (Å²) in [4.78, 5) is 8.34. The first-order chi connectivity index (χ1) is 10.3. The summed E-state index contributed by atoms with van der Waals surface area (Å²) in [6, 6.07) is 11.5. The van der Waals surface area contributed by atoms with Crippen LogP contribution in [-0.2, 0) is 13.6 Å². The van der Waals surface area contributed by atoms with Gasteiger partial charge in [-0.3, -0.25) is 4.98 Å². The molecule has 21 heavy (non-hydrogen) atoms. The number of aryl methyl sites for hydroxylation is 1. The Morgan fingerprint density at radius 2 is 2.05 bits per heavy atom. The number of anilines is 1. The predicted octanol–water partition coefficient (Wildman–Crippen LogP) is 3.22. The molecule has 0 amide bonds. The van der Waals surface area contributed by atoms with Crippen molar-refractivity contribution >= 4 is 5.69 Å². The monoisotopic (exact) mass is 280 g/mol. The highest BCUT2D eigenvalue weighted by Crippen LogP contribution is 2.28. The number of ether oxygens (including phenoxy) is 1. The Balaban J connectivity index is 1.75. The van der Waals surface area contributed by atoms with Crippen molar-refractivity contribution in [1.29, 1.82) is 0 Å². The molecule has 0 atom stereocenters. The van der Waals surface area contributed by atoms with Crippen LogP contribution in [0, 0.1) is 0 Å². The van der Waals surface area contributed by atoms with Crippen molar-refractivity contribution in [2.45, 2.75) is 6.54 Å². The van der Waals surface area contributed by atoms with Gasteiger partial charge in [-0.1, -0.05) is 12.1 Å². The standard InChI is InChI=1S/C16H16N4O/c1-20-10-9-18-16(20)12-19-14-6-2-3-7-15(14)21-13-5-4-8-17-11-13/h2-11,19H,12H2,1H3. The number of para-hydroxylation sites is 2. The van der Waals surface area contributed by atoms with Crippen molar-refractivity contribution in [1.82, 2.24) is 14.5 Å². The quantitative estimate of drug-likeness (QED) is 0.779. The van der Waals surface area contributed by atoms with Crippen LogP contribution in [0.15, 0.2) is 61.2 Å². The highest BCUT2D eigenvalue weighted by molar-refractivity contribution is 5.57. The van der Waals surface area contributed by atoms with Crippen LogP contribution in [0.1, 0.15) is 5.82 Å². The van der Waals surface area contributed by atoms with E-state index in [0.717, 1.165) is 17.3 Å². The molecule has 106 valence electrons. The third kappa shape index (κ3) is 3.20. The van der Waals surface area contributed by atoms with Crippen molar-refractivity contribution in [3.8, 4) is 11.5 Å². The zero-order valence-corrected chi connectivity index (χ0v) is 11.7. The Bertz CT molecular complexity index is 709. The van der Waals surface area contributed by atoms with Crippen LogP contribution in [0.3, 0.4) is 0 Å². The highest BCUT2D eigenvalue weighted by Gasteiger charge is 2.05. The zero-order chi connectivity index (χ0) is 14.5. The first kappa shape index (κ1) is 13.2. The smallest absolute Gasteiger partial charge is 0.150 e. The SMILES string of the molecule is Cn1ccnc1CNc1ccccc1Oc1cccnc1. The summed E-state index contributed by atoms with van der Waals surface area (Å²) in [6.07, 6.45) is 7.12. The number of aromatic nitrogens is 3. The molecule has 2 heterocycles. The second-order valence-corrected chi connectivity index (χ2v) is 4.59. The van der Waals surface area contributed by atoms with E-state index in [9.17, 15) is 0 Å². The van der Waals surface area contributed by atoms with Gasteiger partial charge in [0, 0.05) is 25.6 Å². The summed E-state index contributed by atoms with van der Waals surface area (Å²) in [6.45, 7) is 0.636. The molecule has 1 N–H and O–H groups in total. The number of rotatable bonds is 5. The van der Waals surface area contributed by atoms with E-state index in [1.807, 2.05) is 54.2 Å². The van der Waals surface area contributed by atoms with E-state index in [1.54, 1.807) is 18.6 Å². The maximum Gasteiger partial charge on any atom is 0.150 e. The highest BCUT2D eigenvalue weighted by atomic mass is 16.5. The average Bonchev–Trinajstić information content (AvgIpc) is 2.93. The molecule has 0 fully saturated rings. The van der Waals surface area contributed by atoms with Crippen LogP contribution < -0.4 is 10.1 Å². The number of imidazole rings is 1. The minimum absolute atomic E-state index is 0.636. The molecule has 0 aliphatic carbocycles. The third-order valence-corrected chi connectivity index (χ3v) is 3.11. The van der Waals surface area contributed by atoms with E-state index < -0.39 is 0 Å². The Labute approximate surface area is 123 Å². The van der Waals surface area contributed by atoms with Crippen molar-refractivity contribution in [3.05, 3.63) is 67.0 Å². The van der Waals surface area contributed by atoms with Crippen LogP contribution in [0.2, 0.25) is 0 Å². The fourth-order valence-corrected chi connectivity index (χ4v) is 1.98. The second-order valence-electron chi connectivity index (χ2n) is 4.59. The fraction of sp³-hybridized carbons (Fsp3) is 0.125. The van der Waals surface area contributed by atoms with Crippen LogP contribution in [0.5, 0.6) is 11.5 Å². The van der Waals surface area contributed by atoms with Gasteiger partial charge in [0.15, 0.2) is 5.75 Å². The number of pyridine rings is 1. The molecule has 0 radical (unpaired) electrons. The molecule has 5 heteroatoms. The van der Waals surface area contributed by atoms with E-state index >= 15 is 0 Å². The molecule has 0 aliphatic rings. The van der Waals surface area contributed by atoms with Gasteiger partial charge in [-0.15, -0.1) is 0 Å². The van der Waals surface area contributed by atoms with Crippen LogP contribution >= 0.6 is 0 Å². The van der Waals surface area contributed by atoms with Crippen molar-refractivity contribution in [3.63, 3.8) is 0 Å². The molecular weight excluding hydrogens is 264 g/mol. The van der Waals surface area contributed by atoms with Crippen LogP contribution in [-0.4, -0.2) is 14.5 Å².